The molecule has 0 radical (unpaired) electrons. The summed E-state index contributed by atoms with van der Waals surface area (Å²) in [6.45, 7) is 1.99. The molecule has 1 aliphatic heterocycles. The Hall–Kier alpha value is -0.610. The second kappa shape index (κ2) is 5.83. The second-order valence-electron chi connectivity index (χ2n) is 4.47. The molecule has 94 valence electrons. The first-order valence-corrected chi connectivity index (χ1v) is 7.16. The van der Waals surface area contributed by atoms with Crippen molar-refractivity contribution in [3.05, 3.63) is 29.3 Å². The van der Waals surface area contributed by atoms with Crippen LogP contribution in [0.3, 0.4) is 0 Å². The van der Waals surface area contributed by atoms with E-state index in [-0.39, 0.29) is 10.7 Å². The van der Waals surface area contributed by atoms with Crippen LogP contribution < -0.4 is 5.32 Å². The van der Waals surface area contributed by atoms with Gasteiger partial charge in [0.1, 0.15) is 11.6 Å². The van der Waals surface area contributed by atoms with Crippen molar-refractivity contribution < 1.29 is 8.78 Å². The Labute approximate surface area is 105 Å². The van der Waals surface area contributed by atoms with Gasteiger partial charge in [0.15, 0.2) is 0 Å². The van der Waals surface area contributed by atoms with Gasteiger partial charge < -0.3 is 5.32 Å². The maximum absolute atomic E-state index is 14.0. The van der Waals surface area contributed by atoms with Crippen LogP contribution >= 0.6 is 11.8 Å². The van der Waals surface area contributed by atoms with Crippen LogP contribution in [0.15, 0.2) is 17.0 Å². The molecule has 0 aromatic heterocycles. The number of hydrogen-bond acceptors (Lipinski definition) is 2. The lowest BCUT2D eigenvalue weighted by Gasteiger charge is -2.23. The third-order valence-corrected chi connectivity index (χ3v) is 4.02. The third kappa shape index (κ3) is 2.99. The summed E-state index contributed by atoms with van der Waals surface area (Å²) in [4.78, 5) is 0.145. The van der Waals surface area contributed by atoms with E-state index < -0.39 is 5.82 Å². The highest BCUT2D eigenvalue weighted by atomic mass is 32.2. The van der Waals surface area contributed by atoms with Gasteiger partial charge in [-0.3, -0.25) is 0 Å². The van der Waals surface area contributed by atoms with E-state index in [2.05, 4.69) is 5.32 Å². The highest BCUT2D eigenvalue weighted by Gasteiger charge is 2.18. The van der Waals surface area contributed by atoms with Gasteiger partial charge >= 0.3 is 0 Å². The average Bonchev–Trinajstić information content (AvgIpc) is 2.35. The van der Waals surface area contributed by atoms with Gasteiger partial charge in [0.25, 0.3) is 0 Å². The molecule has 0 spiro atoms. The maximum atomic E-state index is 14.0. The molecule has 1 aliphatic rings. The second-order valence-corrected chi connectivity index (χ2v) is 5.29. The quantitative estimate of drug-likeness (QED) is 0.834. The zero-order chi connectivity index (χ0) is 12.3. The molecular weight excluding hydrogens is 240 g/mol. The predicted octanol–water partition coefficient (Wildman–Crippen LogP) is 3.23. The van der Waals surface area contributed by atoms with E-state index >= 15 is 0 Å². The SMILES string of the molecule is CSc1c(F)ccc(CC2CCCNC2)c1F. The summed E-state index contributed by atoms with van der Waals surface area (Å²) in [6, 6.07) is 2.96. The Kier molecular flexibility index (Phi) is 4.40. The number of benzene rings is 1. The molecule has 1 fully saturated rings. The van der Waals surface area contributed by atoms with Crippen molar-refractivity contribution in [3.63, 3.8) is 0 Å². The van der Waals surface area contributed by atoms with E-state index in [1.165, 1.54) is 6.07 Å². The Morgan fingerprint density at radius 2 is 2.24 bits per heavy atom. The van der Waals surface area contributed by atoms with Crippen LogP contribution in [0.5, 0.6) is 0 Å². The van der Waals surface area contributed by atoms with Crippen molar-refractivity contribution in [2.45, 2.75) is 24.2 Å². The number of piperidine rings is 1. The van der Waals surface area contributed by atoms with Crippen molar-refractivity contribution in [1.82, 2.24) is 5.32 Å². The molecule has 1 aromatic carbocycles. The molecule has 0 aliphatic carbocycles. The molecule has 1 nitrogen and oxygen atoms in total. The lowest BCUT2D eigenvalue weighted by Crippen LogP contribution is -2.31. The molecular formula is C13H17F2NS. The molecule has 1 unspecified atom stereocenters. The lowest BCUT2D eigenvalue weighted by molar-refractivity contribution is 0.370. The molecule has 1 saturated heterocycles. The van der Waals surface area contributed by atoms with Crippen molar-refractivity contribution in [3.8, 4) is 0 Å². The number of halogens is 2. The van der Waals surface area contributed by atoms with Crippen molar-refractivity contribution >= 4 is 11.8 Å². The Morgan fingerprint density at radius 3 is 2.88 bits per heavy atom. The van der Waals surface area contributed by atoms with Crippen LogP contribution in [-0.4, -0.2) is 19.3 Å². The Balaban J connectivity index is 2.15. The summed E-state index contributed by atoms with van der Waals surface area (Å²) in [5.74, 6) is -0.359. The fraction of sp³-hybridized carbons (Fsp3) is 0.538. The lowest BCUT2D eigenvalue weighted by atomic mass is 9.92. The van der Waals surface area contributed by atoms with Crippen LogP contribution in [0.1, 0.15) is 18.4 Å². The minimum Gasteiger partial charge on any atom is -0.316 e. The maximum Gasteiger partial charge on any atom is 0.142 e. The average molecular weight is 257 g/mol. The number of hydrogen-bond donors (Lipinski definition) is 1. The number of thioether (sulfide) groups is 1. The zero-order valence-corrected chi connectivity index (χ0v) is 10.7. The summed E-state index contributed by atoms with van der Waals surface area (Å²) in [7, 11) is 0. The first kappa shape index (κ1) is 12.8. The third-order valence-electron chi connectivity index (χ3n) is 3.24. The monoisotopic (exact) mass is 257 g/mol. The summed E-state index contributed by atoms with van der Waals surface area (Å²) in [6.07, 6.45) is 4.67. The van der Waals surface area contributed by atoms with Gasteiger partial charge in [0.2, 0.25) is 0 Å². The minimum atomic E-state index is -0.458. The van der Waals surface area contributed by atoms with E-state index in [1.807, 2.05) is 0 Å². The smallest absolute Gasteiger partial charge is 0.142 e. The van der Waals surface area contributed by atoms with Crippen molar-refractivity contribution in [2.75, 3.05) is 19.3 Å². The first-order chi connectivity index (χ1) is 8.22. The van der Waals surface area contributed by atoms with Crippen LogP contribution in [0.2, 0.25) is 0 Å². The van der Waals surface area contributed by atoms with Crippen LogP contribution in [0.4, 0.5) is 8.78 Å². The van der Waals surface area contributed by atoms with Crippen LogP contribution in [0.25, 0.3) is 0 Å². The largest absolute Gasteiger partial charge is 0.316 e. The topological polar surface area (TPSA) is 12.0 Å². The van der Waals surface area contributed by atoms with Gasteiger partial charge in [-0.1, -0.05) is 6.07 Å². The molecule has 1 aromatic rings. The normalized spacial score (nSPS) is 20.5. The van der Waals surface area contributed by atoms with Crippen molar-refractivity contribution in [1.29, 1.82) is 0 Å². The molecule has 0 bridgehead atoms. The number of nitrogens with one attached hydrogen (secondary N) is 1. The van der Waals surface area contributed by atoms with Gasteiger partial charge in [-0.15, -0.1) is 11.8 Å². The molecule has 1 heterocycles. The molecule has 17 heavy (non-hydrogen) atoms. The highest BCUT2D eigenvalue weighted by molar-refractivity contribution is 7.98. The summed E-state index contributed by atoms with van der Waals surface area (Å²) >= 11 is 1.13. The van der Waals surface area contributed by atoms with E-state index in [0.29, 0.717) is 17.9 Å². The van der Waals surface area contributed by atoms with Gasteiger partial charge in [0.05, 0.1) is 4.90 Å². The van der Waals surface area contributed by atoms with E-state index in [1.54, 1.807) is 12.3 Å². The summed E-state index contributed by atoms with van der Waals surface area (Å²) in [5.41, 5.74) is 0.643. The molecule has 2 rings (SSSR count). The van der Waals surface area contributed by atoms with E-state index in [4.69, 9.17) is 0 Å². The Bertz CT molecular complexity index is 389. The number of rotatable bonds is 3. The molecule has 0 saturated carbocycles. The van der Waals surface area contributed by atoms with E-state index in [9.17, 15) is 8.78 Å². The first-order valence-electron chi connectivity index (χ1n) is 5.94. The summed E-state index contributed by atoms with van der Waals surface area (Å²) in [5, 5.41) is 3.31. The standard InChI is InChI=1S/C13H17F2NS/c1-17-13-11(14)5-4-10(12(13)15)7-9-3-2-6-16-8-9/h4-5,9,16H,2-3,6-8H2,1H3. The predicted molar refractivity (Wildman–Crippen MR) is 67.4 cm³/mol. The fourth-order valence-corrected chi connectivity index (χ4v) is 2.90. The van der Waals surface area contributed by atoms with Crippen LogP contribution in [-0.2, 0) is 6.42 Å². The van der Waals surface area contributed by atoms with Gasteiger partial charge in [-0.2, -0.15) is 0 Å². The van der Waals surface area contributed by atoms with E-state index in [0.717, 1.165) is 37.7 Å². The van der Waals surface area contributed by atoms with Gasteiger partial charge in [-0.05, 0) is 56.2 Å². The van der Waals surface area contributed by atoms with Gasteiger partial charge in [-0.25, -0.2) is 8.78 Å². The van der Waals surface area contributed by atoms with Crippen LogP contribution in [0, 0.1) is 17.6 Å². The van der Waals surface area contributed by atoms with Crippen molar-refractivity contribution in [2.24, 2.45) is 5.92 Å². The zero-order valence-electron chi connectivity index (χ0n) is 9.93. The molecule has 0 amide bonds. The minimum absolute atomic E-state index is 0.145. The Morgan fingerprint density at radius 1 is 1.41 bits per heavy atom. The molecule has 4 heteroatoms. The molecule has 1 N–H and O–H groups in total. The molecule has 1 atom stereocenters. The summed E-state index contributed by atoms with van der Waals surface area (Å²) < 4.78 is 27.3. The fourth-order valence-electron chi connectivity index (χ4n) is 2.33. The highest BCUT2D eigenvalue weighted by Crippen LogP contribution is 2.27. The van der Waals surface area contributed by atoms with Gasteiger partial charge in [0, 0.05) is 0 Å².